The summed E-state index contributed by atoms with van der Waals surface area (Å²) in [7, 11) is 1.24. The van der Waals surface area contributed by atoms with Crippen molar-refractivity contribution in [3.8, 4) is 0 Å². The normalized spacial score (nSPS) is 32.7. The molecule has 4 atom stereocenters. The molecule has 0 spiro atoms. The molecule has 9 heteroatoms. The number of hydrogen-bond acceptors (Lipinski definition) is 4. The van der Waals surface area contributed by atoms with Crippen LogP contribution in [-0.2, 0) is 19.1 Å². The zero-order chi connectivity index (χ0) is 19.7. The van der Waals surface area contributed by atoms with Crippen molar-refractivity contribution in [3.63, 3.8) is 0 Å². The smallest absolute Gasteiger partial charge is 0.332 e. The first-order valence-corrected chi connectivity index (χ1v) is 8.79. The summed E-state index contributed by atoms with van der Waals surface area (Å²) in [6.45, 7) is 3.34. The van der Waals surface area contributed by atoms with Gasteiger partial charge in [-0.05, 0) is 31.6 Å². The van der Waals surface area contributed by atoms with Crippen LogP contribution >= 0.6 is 0 Å². The maximum absolute atomic E-state index is 14.7. The number of ether oxygens (including phenoxy) is 2. The van der Waals surface area contributed by atoms with Gasteiger partial charge in [0, 0.05) is 13.7 Å². The predicted molar refractivity (Wildman–Crippen MR) is 85.2 cm³/mol. The average molecular weight is 381 g/mol. The molecule has 1 aliphatic carbocycles. The maximum atomic E-state index is 14.7. The largest absolute Gasteiger partial charge is 0.481 e. The van der Waals surface area contributed by atoms with Crippen LogP contribution in [0.1, 0.15) is 39.5 Å². The van der Waals surface area contributed by atoms with Crippen LogP contribution in [0.5, 0.6) is 0 Å². The monoisotopic (exact) mass is 381 g/mol. The lowest BCUT2D eigenvalue weighted by molar-refractivity contribution is -0.205. The van der Waals surface area contributed by atoms with Crippen molar-refractivity contribution in [3.05, 3.63) is 0 Å². The maximum Gasteiger partial charge on any atom is 0.332 e. The molecule has 1 saturated carbocycles. The number of methoxy groups -OCH3 is 1. The highest BCUT2D eigenvalue weighted by Crippen LogP contribution is 2.47. The van der Waals surface area contributed by atoms with E-state index in [9.17, 15) is 28.0 Å². The number of nitrogens with zero attached hydrogens (tertiary/aromatic N) is 1. The minimum atomic E-state index is -3.95. The first-order chi connectivity index (χ1) is 12.1. The Kier molecular flexibility index (Phi) is 6.22. The van der Waals surface area contributed by atoms with Gasteiger partial charge in [-0.1, -0.05) is 18.3 Å². The van der Waals surface area contributed by atoms with E-state index < -0.39 is 46.4 Å². The summed E-state index contributed by atoms with van der Waals surface area (Å²) in [6, 6.07) is -1.17. The summed E-state index contributed by atoms with van der Waals surface area (Å²) in [6.07, 6.45) is -1.14. The highest BCUT2D eigenvalue weighted by Gasteiger charge is 2.57. The molecule has 2 aliphatic rings. The van der Waals surface area contributed by atoms with Gasteiger partial charge in [0.15, 0.2) is 0 Å². The van der Waals surface area contributed by atoms with E-state index in [2.05, 4.69) is 0 Å². The van der Waals surface area contributed by atoms with Crippen LogP contribution in [0.4, 0.5) is 13.3 Å². The van der Waals surface area contributed by atoms with Crippen LogP contribution in [0.25, 0.3) is 0 Å². The van der Waals surface area contributed by atoms with E-state index in [1.165, 1.54) is 7.11 Å². The van der Waals surface area contributed by atoms with Gasteiger partial charge in [0.1, 0.15) is 0 Å². The molecule has 0 radical (unpaired) electrons. The fourth-order valence-corrected chi connectivity index (χ4v) is 4.03. The number of hydrogen-bond donors (Lipinski definition) is 1. The standard InChI is InChI=1S/C17H26F3NO5/c1-10(2)16(15(23)24)6-4-11(8-16)21(20)14(22)17(18,19)12-5-7-26-9-13(12)25-3/h10-13H,4-9H2,1-3H3,(H,23,24)/t11-,12+,13-,16+/m1/s1. The van der Waals surface area contributed by atoms with E-state index in [-0.39, 0.29) is 44.8 Å². The molecule has 0 aromatic heterocycles. The quantitative estimate of drug-likeness (QED) is 0.716. The van der Waals surface area contributed by atoms with Crippen LogP contribution in [0.15, 0.2) is 0 Å². The number of carboxylic acids is 1. The molecule has 0 bridgehead atoms. The first kappa shape index (κ1) is 21.0. The van der Waals surface area contributed by atoms with Crippen molar-refractivity contribution in [1.29, 1.82) is 0 Å². The molecule has 1 saturated heterocycles. The molecule has 1 heterocycles. The van der Waals surface area contributed by atoms with E-state index >= 15 is 0 Å². The summed E-state index contributed by atoms with van der Waals surface area (Å²) in [5, 5.41) is 9.05. The lowest BCUT2D eigenvalue weighted by Gasteiger charge is -2.36. The Labute approximate surface area is 150 Å². The number of alkyl halides is 2. The van der Waals surface area contributed by atoms with Gasteiger partial charge in [-0.15, -0.1) is 0 Å². The Morgan fingerprint density at radius 1 is 1.35 bits per heavy atom. The minimum absolute atomic E-state index is 0.0320. The van der Waals surface area contributed by atoms with Gasteiger partial charge < -0.3 is 14.6 Å². The fourth-order valence-electron chi connectivity index (χ4n) is 4.03. The third kappa shape index (κ3) is 3.55. The molecule has 2 rings (SSSR count). The second kappa shape index (κ2) is 7.72. The Bertz CT molecular complexity index is 544. The van der Waals surface area contributed by atoms with Gasteiger partial charge in [0.2, 0.25) is 0 Å². The molecule has 2 fully saturated rings. The predicted octanol–water partition coefficient (Wildman–Crippen LogP) is 2.67. The Morgan fingerprint density at radius 3 is 2.50 bits per heavy atom. The highest BCUT2D eigenvalue weighted by atomic mass is 19.3. The SMILES string of the molecule is CO[C@@H]1COCC[C@@H]1C(F)(F)C(=O)N(F)[C@@H]1CC[C@@](C(=O)O)(C(C)C)C1. The van der Waals surface area contributed by atoms with E-state index in [1.807, 2.05) is 0 Å². The third-order valence-electron chi connectivity index (χ3n) is 5.93. The second-order valence-electron chi connectivity index (χ2n) is 7.50. The minimum Gasteiger partial charge on any atom is -0.481 e. The van der Waals surface area contributed by atoms with Crippen LogP contribution in [0, 0.1) is 17.3 Å². The molecule has 1 N–H and O–H groups in total. The number of amides is 1. The molecule has 1 aliphatic heterocycles. The number of carbonyl (C=O) groups excluding carboxylic acids is 1. The zero-order valence-electron chi connectivity index (χ0n) is 15.2. The average Bonchev–Trinajstić information content (AvgIpc) is 3.07. The fraction of sp³-hybridized carbons (Fsp3) is 0.882. The number of aliphatic carboxylic acids is 1. The summed E-state index contributed by atoms with van der Waals surface area (Å²) in [4.78, 5) is 23.8. The van der Waals surface area contributed by atoms with E-state index in [4.69, 9.17) is 9.47 Å². The summed E-state index contributed by atoms with van der Waals surface area (Å²) >= 11 is 0. The molecular formula is C17H26F3NO5. The van der Waals surface area contributed by atoms with Crippen molar-refractivity contribution in [2.45, 2.75) is 57.6 Å². The van der Waals surface area contributed by atoms with E-state index in [0.717, 1.165) is 0 Å². The van der Waals surface area contributed by atoms with Gasteiger partial charge >= 0.3 is 17.8 Å². The molecule has 1 amide bonds. The molecular weight excluding hydrogens is 355 g/mol. The van der Waals surface area contributed by atoms with Crippen LogP contribution in [0.3, 0.4) is 0 Å². The Hall–Kier alpha value is -1.35. The van der Waals surface area contributed by atoms with Crippen molar-refractivity contribution >= 4 is 11.9 Å². The molecule has 150 valence electrons. The zero-order valence-corrected chi connectivity index (χ0v) is 15.2. The molecule has 0 aromatic rings. The molecule has 6 nitrogen and oxygen atoms in total. The van der Waals surface area contributed by atoms with Gasteiger partial charge in [-0.2, -0.15) is 13.9 Å². The third-order valence-corrected chi connectivity index (χ3v) is 5.93. The van der Waals surface area contributed by atoms with E-state index in [0.29, 0.717) is 0 Å². The van der Waals surface area contributed by atoms with Crippen LogP contribution < -0.4 is 0 Å². The molecule has 26 heavy (non-hydrogen) atoms. The number of carbonyl (C=O) groups is 2. The lowest BCUT2D eigenvalue weighted by Crippen LogP contribution is -2.54. The summed E-state index contributed by atoms with van der Waals surface area (Å²) in [5.41, 5.74) is -1.21. The Balaban J connectivity index is 2.15. The van der Waals surface area contributed by atoms with Crippen LogP contribution in [0.2, 0.25) is 0 Å². The number of halogens is 3. The lowest BCUT2D eigenvalue weighted by atomic mass is 9.75. The second-order valence-corrected chi connectivity index (χ2v) is 7.50. The van der Waals surface area contributed by atoms with Crippen LogP contribution in [-0.4, -0.2) is 60.5 Å². The van der Waals surface area contributed by atoms with Crippen molar-refractivity contribution in [2.24, 2.45) is 17.3 Å². The summed E-state index contributed by atoms with van der Waals surface area (Å²) < 4.78 is 54.0. The molecule has 0 aromatic carbocycles. The first-order valence-electron chi connectivity index (χ1n) is 8.79. The van der Waals surface area contributed by atoms with Gasteiger partial charge in [-0.3, -0.25) is 9.59 Å². The highest BCUT2D eigenvalue weighted by molar-refractivity contribution is 5.83. The van der Waals surface area contributed by atoms with Gasteiger partial charge in [0.25, 0.3) is 0 Å². The molecule has 0 unspecified atom stereocenters. The van der Waals surface area contributed by atoms with Crippen molar-refractivity contribution in [2.75, 3.05) is 20.3 Å². The van der Waals surface area contributed by atoms with Gasteiger partial charge in [0.05, 0.1) is 30.1 Å². The van der Waals surface area contributed by atoms with Crippen molar-refractivity contribution < 1.29 is 37.4 Å². The topological polar surface area (TPSA) is 76.1 Å². The van der Waals surface area contributed by atoms with E-state index in [1.54, 1.807) is 13.8 Å². The Morgan fingerprint density at radius 2 is 2.00 bits per heavy atom. The number of carboxylic acid groups (broad SMARTS) is 1. The van der Waals surface area contributed by atoms with Gasteiger partial charge in [-0.25, -0.2) is 0 Å². The summed E-state index contributed by atoms with van der Waals surface area (Å²) in [5.74, 6) is -8.76. The van der Waals surface area contributed by atoms with Crippen molar-refractivity contribution in [1.82, 2.24) is 5.12 Å². The number of rotatable bonds is 6.